The Labute approximate surface area is 222 Å². The molecule has 0 saturated carbocycles. The number of para-hydroxylation sites is 1. The minimum absolute atomic E-state index is 0.0354. The molecule has 4 rings (SSSR count). The maximum absolute atomic E-state index is 13.4. The largest absolute Gasteiger partial charge is 0.494 e. The molecule has 1 amide bonds. The molecule has 0 radical (unpaired) electrons. The van der Waals surface area contributed by atoms with Gasteiger partial charge in [0, 0.05) is 37.8 Å². The van der Waals surface area contributed by atoms with Crippen LogP contribution in [0.5, 0.6) is 5.75 Å². The molecular formula is C29H28F6N2O2. The topological polar surface area (TPSA) is 32.8 Å². The summed E-state index contributed by atoms with van der Waals surface area (Å²) in [5.41, 5.74) is -2.72. The second kappa shape index (κ2) is 12.1. The van der Waals surface area contributed by atoms with Crippen molar-refractivity contribution in [2.45, 2.75) is 31.2 Å². The maximum Gasteiger partial charge on any atom is 0.416 e. The van der Waals surface area contributed by atoms with Crippen LogP contribution in [0.1, 0.15) is 33.5 Å². The normalized spacial score (nSPS) is 16.8. The molecule has 1 heterocycles. The van der Waals surface area contributed by atoms with Gasteiger partial charge in [-0.25, -0.2) is 0 Å². The second-order valence-electron chi connectivity index (χ2n) is 9.45. The molecule has 0 N–H and O–H groups in total. The molecule has 4 nitrogen and oxygen atoms in total. The molecule has 0 bridgehead atoms. The zero-order valence-corrected chi connectivity index (χ0v) is 21.0. The highest BCUT2D eigenvalue weighted by molar-refractivity contribution is 5.95. The van der Waals surface area contributed by atoms with Crippen LogP contribution >= 0.6 is 0 Å². The third kappa shape index (κ3) is 7.75. The molecule has 1 atom stereocenters. The van der Waals surface area contributed by atoms with Gasteiger partial charge in [0.05, 0.1) is 17.7 Å². The highest BCUT2D eigenvalue weighted by atomic mass is 19.4. The van der Waals surface area contributed by atoms with E-state index < -0.39 is 41.0 Å². The molecule has 1 aliphatic rings. The van der Waals surface area contributed by atoms with Crippen LogP contribution in [0.4, 0.5) is 26.3 Å². The smallest absolute Gasteiger partial charge is 0.416 e. The van der Waals surface area contributed by atoms with Gasteiger partial charge in [0.15, 0.2) is 0 Å². The Bertz CT molecular complexity index is 1200. The Morgan fingerprint density at radius 1 is 0.821 bits per heavy atom. The Morgan fingerprint density at radius 2 is 1.41 bits per heavy atom. The van der Waals surface area contributed by atoms with Gasteiger partial charge in [0.25, 0.3) is 5.91 Å². The molecule has 1 saturated heterocycles. The number of hydrogen-bond donors (Lipinski definition) is 0. The van der Waals surface area contributed by atoms with Crippen molar-refractivity contribution in [2.24, 2.45) is 0 Å². The first-order valence-corrected chi connectivity index (χ1v) is 12.6. The summed E-state index contributed by atoms with van der Waals surface area (Å²) in [6, 6.07) is 19.2. The molecule has 0 aliphatic carbocycles. The van der Waals surface area contributed by atoms with Crippen molar-refractivity contribution >= 4 is 5.91 Å². The lowest BCUT2D eigenvalue weighted by Gasteiger charge is -2.42. The van der Waals surface area contributed by atoms with Crippen LogP contribution in [0.3, 0.4) is 0 Å². The van der Waals surface area contributed by atoms with Gasteiger partial charge in [0.1, 0.15) is 5.75 Å². The summed E-state index contributed by atoms with van der Waals surface area (Å²) in [7, 11) is 0. The predicted molar refractivity (Wildman–Crippen MR) is 134 cm³/mol. The number of halogens is 6. The van der Waals surface area contributed by atoms with Gasteiger partial charge in [-0.15, -0.1) is 0 Å². The fourth-order valence-corrected chi connectivity index (χ4v) is 4.69. The molecule has 0 aromatic heterocycles. The number of piperazine rings is 1. The number of amides is 1. The van der Waals surface area contributed by atoms with E-state index in [1.54, 1.807) is 0 Å². The Morgan fingerprint density at radius 3 is 2.00 bits per heavy atom. The summed E-state index contributed by atoms with van der Waals surface area (Å²) >= 11 is 0. The summed E-state index contributed by atoms with van der Waals surface area (Å²) < 4.78 is 86.2. The van der Waals surface area contributed by atoms with Gasteiger partial charge in [0.2, 0.25) is 0 Å². The highest BCUT2D eigenvalue weighted by Gasteiger charge is 2.39. The summed E-state index contributed by atoms with van der Waals surface area (Å²) in [5, 5.41) is 0. The summed E-state index contributed by atoms with van der Waals surface area (Å²) in [4.78, 5) is 17.0. The first kappa shape index (κ1) is 28.5. The molecule has 0 spiro atoms. The molecule has 0 unspecified atom stereocenters. The second-order valence-corrected chi connectivity index (χ2v) is 9.45. The quantitative estimate of drug-likeness (QED) is 0.235. The van der Waals surface area contributed by atoms with Crippen molar-refractivity contribution in [3.8, 4) is 5.75 Å². The SMILES string of the molecule is O=C(c1cc(C(F)(F)F)cc(C(F)(F)F)c1)N1CCN(CCCOc2ccccc2)C[C@H]1Cc1ccccc1. The molecule has 3 aromatic rings. The Hall–Kier alpha value is -3.53. The number of rotatable bonds is 8. The van der Waals surface area contributed by atoms with Crippen LogP contribution in [0, 0.1) is 0 Å². The maximum atomic E-state index is 13.4. The zero-order chi connectivity index (χ0) is 28.0. The van der Waals surface area contributed by atoms with E-state index in [1.165, 1.54) is 4.90 Å². The van der Waals surface area contributed by atoms with E-state index in [9.17, 15) is 31.1 Å². The molecule has 39 heavy (non-hydrogen) atoms. The number of carbonyl (C=O) groups is 1. The minimum Gasteiger partial charge on any atom is -0.494 e. The van der Waals surface area contributed by atoms with E-state index in [-0.39, 0.29) is 12.6 Å². The van der Waals surface area contributed by atoms with Crippen molar-refractivity contribution in [1.82, 2.24) is 9.80 Å². The number of carbonyl (C=O) groups excluding carboxylic acids is 1. The molecule has 208 valence electrons. The van der Waals surface area contributed by atoms with Crippen LogP contribution in [-0.2, 0) is 18.8 Å². The third-order valence-electron chi connectivity index (χ3n) is 6.61. The fraction of sp³-hybridized carbons (Fsp3) is 0.345. The van der Waals surface area contributed by atoms with E-state index in [0.717, 1.165) is 11.3 Å². The third-order valence-corrected chi connectivity index (χ3v) is 6.61. The van der Waals surface area contributed by atoms with E-state index >= 15 is 0 Å². The summed E-state index contributed by atoms with van der Waals surface area (Å²) in [6.07, 6.45) is -8.93. The minimum atomic E-state index is -5.03. The van der Waals surface area contributed by atoms with Crippen molar-refractivity contribution in [3.63, 3.8) is 0 Å². The van der Waals surface area contributed by atoms with Gasteiger partial charge in [-0.05, 0) is 48.7 Å². The standard InChI is InChI=1S/C29H28F6N2O2/c30-28(31,32)23-17-22(18-24(19-23)29(33,34)35)27(38)37-14-13-36(12-7-15-39-26-10-5-2-6-11-26)20-25(37)16-21-8-3-1-4-9-21/h1-6,8-11,17-19,25H,7,12-16,20H2/t25-/m1/s1. The number of benzene rings is 3. The number of hydrogen-bond acceptors (Lipinski definition) is 3. The van der Waals surface area contributed by atoms with E-state index in [0.29, 0.717) is 51.2 Å². The fourth-order valence-electron chi connectivity index (χ4n) is 4.69. The lowest BCUT2D eigenvalue weighted by atomic mass is 9.99. The molecule has 1 fully saturated rings. The summed E-state index contributed by atoms with van der Waals surface area (Å²) in [5.74, 6) is -0.0891. The summed E-state index contributed by atoms with van der Waals surface area (Å²) in [6.45, 7) is 2.19. The van der Waals surface area contributed by atoms with Gasteiger partial charge >= 0.3 is 12.4 Å². The van der Waals surface area contributed by atoms with Gasteiger partial charge in [-0.3, -0.25) is 9.69 Å². The molecular weight excluding hydrogens is 522 g/mol. The first-order chi connectivity index (χ1) is 18.5. The first-order valence-electron chi connectivity index (χ1n) is 12.6. The van der Waals surface area contributed by atoms with Crippen LogP contribution in [0.2, 0.25) is 0 Å². The molecule has 3 aromatic carbocycles. The van der Waals surface area contributed by atoms with Crippen LogP contribution in [0.15, 0.2) is 78.9 Å². The van der Waals surface area contributed by atoms with Crippen molar-refractivity contribution < 1.29 is 35.9 Å². The average molecular weight is 551 g/mol. The van der Waals surface area contributed by atoms with E-state index in [1.807, 2.05) is 60.7 Å². The van der Waals surface area contributed by atoms with Crippen molar-refractivity contribution in [1.29, 1.82) is 0 Å². The van der Waals surface area contributed by atoms with Crippen LogP contribution < -0.4 is 4.74 Å². The zero-order valence-electron chi connectivity index (χ0n) is 21.0. The number of nitrogens with zero attached hydrogens (tertiary/aromatic N) is 2. The van der Waals surface area contributed by atoms with Gasteiger partial charge in [-0.2, -0.15) is 26.3 Å². The van der Waals surface area contributed by atoms with Crippen LogP contribution in [-0.4, -0.2) is 54.5 Å². The Balaban J connectivity index is 1.51. The number of alkyl halides is 6. The Kier molecular flexibility index (Phi) is 8.84. The molecule has 10 heteroatoms. The van der Waals surface area contributed by atoms with E-state index in [4.69, 9.17) is 4.74 Å². The van der Waals surface area contributed by atoms with E-state index in [2.05, 4.69) is 4.90 Å². The highest BCUT2D eigenvalue weighted by Crippen LogP contribution is 2.37. The monoisotopic (exact) mass is 550 g/mol. The average Bonchev–Trinajstić information content (AvgIpc) is 2.91. The van der Waals surface area contributed by atoms with Crippen molar-refractivity contribution in [2.75, 3.05) is 32.8 Å². The van der Waals surface area contributed by atoms with Gasteiger partial charge in [-0.1, -0.05) is 48.5 Å². The van der Waals surface area contributed by atoms with Crippen molar-refractivity contribution in [3.05, 3.63) is 101 Å². The van der Waals surface area contributed by atoms with Gasteiger partial charge < -0.3 is 9.64 Å². The number of ether oxygens (including phenoxy) is 1. The lowest BCUT2D eigenvalue weighted by molar-refractivity contribution is -0.143. The predicted octanol–water partition coefficient (Wildman–Crippen LogP) is 6.56. The van der Waals surface area contributed by atoms with Crippen LogP contribution in [0.25, 0.3) is 0 Å². The lowest BCUT2D eigenvalue weighted by Crippen LogP contribution is -2.56. The molecule has 1 aliphatic heterocycles.